The second kappa shape index (κ2) is 34.9. The first-order valence-corrected chi connectivity index (χ1v) is 23.1. The van der Waals surface area contributed by atoms with Gasteiger partial charge in [-0.1, -0.05) is 151 Å². The summed E-state index contributed by atoms with van der Waals surface area (Å²) in [7, 11) is -4.61. The standard InChI is InChI=1S/C45H74O12S/c1-3-5-7-9-11-13-15-16-17-18-19-20-21-22-24-26-28-30-32-34-41(47)56-38(35-54-40(46)33-31-29-27-25-23-14-12-10-8-6-4-2)36-55-45-44(50)43(49)42(48)39(57-45)37-58(51,52)53/h5,7,11,13,16-17,19-20,22,24,28,30,38-39,42-45,48-50H,3-4,6,8-10,12,14-15,18,21,23,25-27,29,31-37H2,1-2H3,(H,51,52,53)/b7-5+,13-11+,17-16+,20-19+,24-22+,30-28+/t38-,39-,42-,43?,44?,45+/m1/s1. The molecule has 0 amide bonds. The first-order valence-electron chi connectivity index (χ1n) is 21.5. The van der Waals surface area contributed by atoms with Gasteiger partial charge in [0.25, 0.3) is 10.1 Å². The van der Waals surface area contributed by atoms with E-state index >= 15 is 0 Å². The summed E-state index contributed by atoms with van der Waals surface area (Å²) in [6, 6.07) is 0. The Balaban J connectivity index is 2.53. The average molecular weight is 839 g/mol. The molecule has 0 aromatic rings. The third kappa shape index (κ3) is 29.3. The van der Waals surface area contributed by atoms with Gasteiger partial charge in [0.1, 0.15) is 36.8 Å². The van der Waals surface area contributed by atoms with Gasteiger partial charge in [-0.2, -0.15) is 8.42 Å². The number of ether oxygens (including phenoxy) is 4. The Bertz CT molecular complexity index is 1350. The Kier molecular flexibility index (Phi) is 32.0. The van der Waals surface area contributed by atoms with Crippen molar-refractivity contribution in [2.45, 2.75) is 179 Å². The van der Waals surface area contributed by atoms with Crippen LogP contribution in [-0.4, -0.2) is 96.0 Å². The molecule has 4 N–H and O–H groups in total. The van der Waals surface area contributed by atoms with Crippen molar-refractivity contribution < 1.29 is 56.8 Å². The Morgan fingerprint density at radius 2 is 1.09 bits per heavy atom. The van der Waals surface area contributed by atoms with E-state index in [0.29, 0.717) is 19.3 Å². The molecular formula is C45H74O12S. The molecule has 1 aliphatic rings. The number of hydrogen-bond donors (Lipinski definition) is 4. The van der Waals surface area contributed by atoms with Gasteiger partial charge in [0, 0.05) is 12.8 Å². The molecular weight excluding hydrogens is 765 g/mol. The average Bonchev–Trinajstić information content (AvgIpc) is 3.18. The van der Waals surface area contributed by atoms with Gasteiger partial charge < -0.3 is 34.3 Å². The van der Waals surface area contributed by atoms with Crippen LogP contribution in [0.2, 0.25) is 0 Å². The zero-order valence-electron chi connectivity index (χ0n) is 35.1. The fraction of sp³-hybridized carbons (Fsp3) is 0.689. The van der Waals surface area contributed by atoms with Crippen molar-refractivity contribution in [3.63, 3.8) is 0 Å². The van der Waals surface area contributed by atoms with E-state index in [1.807, 2.05) is 18.2 Å². The highest BCUT2D eigenvalue weighted by molar-refractivity contribution is 7.85. The summed E-state index contributed by atoms with van der Waals surface area (Å²) in [6.07, 6.45) is 34.0. The Morgan fingerprint density at radius 3 is 1.59 bits per heavy atom. The SMILES string of the molecule is CC/C=C/C/C=C/C/C=C/C/C=C/C/C=C/C/C=C/CCC(=O)O[C@H](COC(=O)CCCCCCCCCCCCC)CO[C@H]1O[C@H](CS(=O)(=O)O)[C@@H](O)C(O)C1O. The van der Waals surface area contributed by atoms with Gasteiger partial charge in [0.05, 0.1) is 6.61 Å². The number of aliphatic hydroxyl groups is 3. The number of hydrogen-bond acceptors (Lipinski definition) is 11. The minimum Gasteiger partial charge on any atom is -0.462 e. The number of aliphatic hydroxyl groups excluding tert-OH is 3. The van der Waals surface area contributed by atoms with E-state index in [0.717, 1.165) is 51.4 Å². The molecule has 1 heterocycles. The topological polar surface area (TPSA) is 186 Å². The molecule has 1 saturated heterocycles. The third-order valence-corrected chi connectivity index (χ3v) is 10.1. The van der Waals surface area contributed by atoms with Crippen molar-refractivity contribution in [3.8, 4) is 0 Å². The van der Waals surface area contributed by atoms with Crippen molar-refractivity contribution in [2.24, 2.45) is 0 Å². The monoisotopic (exact) mass is 838 g/mol. The molecule has 58 heavy (non-hydrogen) atoms. The van der Waals surface area contributed by atoms with Crippen LogP contribution in [0.15, 0.2) is 72.9 Å². The van der Waals surface area contributed by atoms with E-state index in [2.05, 4.69) is 68.5 Å². The molecule has 13 heteroatoms. The van der Waals surface area contributed by atoms with Gasteiger partial charge in [-0.3, -0.25) is 14.1 Å². The smallest absolute Gasteiger partial charge is 0.306 e. The molecule has 1 aliphatic heterocycles. The van der Waals surface area contributed by atoms with E-state index in [1.165, 1.54) is 44.9 Å². The summed E-state index contributed by atoms with van der Waals surface area (Å²) < 4.78 is 53.9. The highest BCUT2D eigenvalue weighted by Crippen LogP contribution is 2.24. The summed E-state index contributed by atoms with van der Waals surface area (Å²) in [5, 5.41) is 30.8. The molecule has 0 spiro atoms. The molecule has 12 nitrogen and oxygen atoms in total. The van der Waals surface area contributed by atoms with E-state index in [4.69, 9.17) is 18.9 Å². The molecule has 1 fully saturated rings. The van der Waals surface area contributed by atoms with Crippen molar-refractivity contribution >= 4 is 22.1 Å². The highest BCUT2D eigenvalue weighted by Gasteiger charge is 2.46. The maximum atomic E-state index is 12.8. The lowest BCUT2D eigenvalue weighted by Gasteiger charge is -2.40. The third-order valence-electron chi connectivity index (χ3n) is 9.31. The molecule has 0 radical (unpaired) electrons. The number of esters is 2. The molecule has 1 rings (SSSR count). The predicted molar refractivity (Wildman–Crippen MR) is 228 cm³/mol. The number of allylic oxidation sites excluding steroid dienone is 12. The lowest BCUT2D eigenvalue weighted by Crippen LogP contribution is -2.60. The first kappa shape index (κ1) is 53.1. The molecule has 0 aromatic carbocycles. The molecule has 2 unspecified atom stereocenters. The predicted octanol–water partition coefficient (Wildman–Crippen LogP) is 8.33. The van der Waals surface area contributed by atoms with Crippen LogP contribution in [0.4, 0.5) is 0 Å². The van der Waals surface area contributed by atoms with E-state index in [-0.39, 0.29) is 19.4 Å². The van der Waals surface area contributed by atoms with Gasteiger partial charge >= 0.3 is 11.9 Å². The van der Waals surface area contributed by atoms with Crippen LogP contribution in [-0.2, 0) is 38.7 Å². The van der Waals surface area contributed by atoms with E-state index in [9.17, 15) is 37.9 Å². The first-order chi connectivity index (χ1) is 28.0. The number of carbonyl (C=O) groups excluding carboxylic acids is 2. The molecule has 0 aromatic heterocycles. The van der Waals surface area contributed by atoms with Gasteiger partial charge in [0.15, 0.2) is 12.4 Å². The zero-order chi connectivity index (χ0) is 42.7. The van der Waals surface area contributed by atoms with Crippen molar-refractivity contribution in [1.82, 2.24) is 0 Å². The number of rotatable bonds is 34. The van der Waals surface area contributed by atoms with Crippen molar-refractivity contribution in [2.75, 3.05) is 19.0 Å². The van der Waals surface area contributed by atoms with Crippen LogP contribution in [0.1, 0.15) is 142 Å². The fourth-order valence-corrected chi connectivity index (χ4v) is 6.69. The van der Waals surface area contributed by atoms with Crippen molar-refractivity contribution in [1.29, 1.82) is 0 Å². The normalized spacial score (nSPS) is 21.1. The van der Waals surface area contributed by atoms with Gasteiger partial charge in [0.2, 0.25) is 0 Å². The van der Waals surface area contributed by atoms with Crippen LogP contribution in [0.3, 0.4) is 0 Å². The minimum absolute atomic E-state index is 0.0370. The second-order valence-electron chi connectivity index (χ2n) is 14.6. The lowest BCUT2D eigenvalue weighted by atomic mass is 10.00. The van der Waals surface area contributed by atoms with Crippen molar-refractivity contribution in [3.05, 3.63) is 72.9 Å². The van der Waals surface area contributed by atoms with Crippen LogP contribution in [0, 0.1) is 0 Å². The summed E-state index contributed by atoms with van der Waals surface area (Å²) in [5.41, 5.74) is 0. The van der Waals surface area contributed by atoms with Crippen LogP contribution >= 0.6 is 0 Å². The maximum Gasteiger partial charge on any atom is 0.306 e. The summed E-state index contributed by atoms with van der Waals surface area (Å²) in [4.78, 5) is 25.3. The summed E-state index contributed by atoms with van der Waals surface area (Å²) >= 11 is 0. The summed E-state index contributed by atoms with van der Waals surface area (Å²) in [5.74, 6) is -2.10. The highest BCUT2D eigenvalue weighted by atomic mass is 32.2. The molecule has 0 aliphatic carbocycles. The van der Waals surface area contributed by atoms with Crippen LogP contribution in [0.5, 0.6) is 0 Å². The molecule has 0 saturated carbocycles. The number of carbonyl (C=O) groups is 2. The quantitative estimate of drug-likeness (QED) is 0.0210. The van der Waals surface area contributed by atoms with Gasteiger partial charge in [-0.05, 0) is 51.4 Å². The summed E-state index contributed by atoms with van der Waals surface area (Å²) in [6.45, 7) is 3.55. The Hall–Kier alpha value is -2.91. The molecule has 6 atom stereocenters. The molecule has 0 bridgehead atoms. The zero-order valence-corrected chi connectivity index (χ0v) is 35.9. The maximum absolute atomic E-state index is 12.8. The fourth-order valence-electron chi connectivity index (χ4n) is 6.00. The number of unbranched alkanes of at least 4 members (excludes halogenated alkanes) is 10. The van der Waals surface area contributed by atoms with Crippen LogP contribution < -0.4 is 0 Å². The van der Waals surface area contributed by atoms with Crippen LogP contribution in [0.25, 0.3) is 0 Å². The van der Waals surface area contributed by atoms with Gasteiger partial charge in [-0.25, -0.2) is 0 Å². The Morgan fingerprint density at radius 1 is 0.603 bits per heavy atom. The van der Waals surface area contributed by atoms with E-state index < -0.39 is 71.2 Å². The second-order valence-corrected chi connectivity index (χ2v) is 16.1. The Labute approximate surface area is 348 Å². The molecule has 332 valence electrons. The lowest BCUT2D eigenvalue weighted by molar-refractivity contribution is -0.297. The van der Waals surface area contributed by atoms with Gasteiger partial charge in [-0.15, -0.1) is 0 Å². The largest absolute Gasteiger partial charge is 0.462 e. The van der Waals surface area contributed by atoms with E-state index in [1.54, 1.807) is 0 Å². The minimum atomic E-state index is -4.61.